The lowest BCUT2D eigenvalue weighted by molar-refractivity contribution is -0.151. The van der Waals surface area contributed by atoms with Crippen LogP contribution in [0.1, 0.15) is 99.8 Å². The van der Waals surface area contributed by atoms with Gasteiger partial charge < -0.3 is 9.84 Å². The zero-order chi connectivity index (χ0) is 24.0. The molecule has 33 heavy (non-hydrogen) atoms. The lowest BCUT2D eigenvalue weighted by Crippen LogP contribution is -2.57. The van der Waals surface area contributed by atoms with E-state index in [0.29, 0.717) is 29.1 Å². The van der Waals surface area contributed by atoms with E-state index < -0.39 is 0 Å². The number of carbonyl (C=O) groups excluding carboxylic acids is 1. The minimum absolute atomic E-state index is 0.0102. The normalized spacial score (nSPS) is 49.7. The Balaban J connectivity index is 1.46. The van der Waals surface area contributed by atoms with Crippen LogP contribution < -0.4 is 0 Å². The lowest BCUT2D eigenvalue weighted by atomic mass is 9.41. The predicted octanol–water partition coefficient (Wildman–Crippen LogP) is 6.85. The van der Waals surface area contributed by atoms with Gasteiger partial charge in [-0.1, -0.05) is 59.3 Å². The van der Waals surface area contributed by atoms with E-state index in [9.17, 15) is 9.90 Å². The zero-order valence-corrected chi connectivity index (χ0v) is 22.0. The Kier molecular flexibility index (Phi) is 5.34. The first-order valence-electron chi connectivity index (χ1n) is 13.6. The molecule has 0 spiro atoms. The molecule has 5 aliphatic rings. The van der Waals surface area contributed by atoms with Crippen molar-refractivity contribution in [3.05, 3.63) is 23.3 Å². The average molecular weight is 455 g/mol. The maximum Gasteiger partial charge on any atom is 0.333 e. The van der Waals surface area contributed by atoms with Gasteiger partial charge in [0.25, 0.3) is 0 Å². The van der Waals surface area contributed by atoms with Crippen molar-refractivity contribution in [2.75, 3.05) is 0 Å². The number of cyclic esters (lactones) is 1. The van der Waals surface area contributed by atoms with Crippen LogP contribution in [0.25, 0.3) is 0 Å². The van der Waals surface area contributed by atoms with E-state index >= 15 is 0 Å². The smallest absolute Gasteiger partial charge is 0.333 e. The van der Waals surface area contributed by atoms with Crippen LogP contribution in [-0.4, -0.2) is 23.3 Å². The minimum atomic E-state index is -0.176. The first-order valence-corrected chi connectivity index (χ1v) is 13.6. The molecule has 0 aromatic heterocycles. The SMILES string of the molecule is CC1=CC[C@H]([C@@H](C)[C@H]2CC[C@@]3(C)[C@@H]4CC[C@H]5C(C)(C)[C@@H](O)CC[C@]5(C)C4=CC[C@]23C)OC1=O. The number of aliphatic hydroxyl groups excluding tert-OH is 1. The monoisotopic (exact) mass is 454 g/mol. The highest BCUT2D eigenvalue weighted by Crippen LogP contribution is 2.73. The molecule has 0 aromatic carbocycles. The van der Waals surface area contributed by atoms with Gasteiger partial charge in [-0.05, 0) is 97.2 Å². The molecule has 4 aliphatic carbocycles. The van der Waals surface area contributed by atoms with E-state index in [2.05, 4.69) is 53.7 Å². The molecular formula is C30H46O3. The third kappa shape index (κ3) is 3.06. The second-order valence-electron chi connectivity index (χ2n) is 13.7. The summed E-state index contributed by atoms with van der Waals surface area (Å²) in [5.74, 6) is 2.06. The lowest BCUT2D eigenvalue weighted by Gasteiger charge is -2.64. The molecule has 0 aromatic rings. The van der Waals surface area contributed by atoms with Crippen molar-refractivity contribution in [3.63, 3.8) is 0 Å². The van der Waals surface area contributed by atoms with Gasteiger partial charge in [0.1, 0.15) is 6.10 Å². The van der Waals surface area contributed by atoms with Gasteiger partial charge >= 0.3 is 5.97 Å². The third-order valence-electron chi connectivity index (χ3n) is 12.3. The molecule has 3 saturated carbocycles. The van der Waals surface area contributed by atoms with Crippen molar-refractivity contribution in [3.8, 4) is 0 Å². The summed E-state index contributed by atoms with van der Waals surface area (Å²) in [5.41, 5.74) is 3.25. The van der Waals surface area contributed by atoms with Crippen LogP contribution in [0.2, 0.25) is 0 Å². The van der Waals surface area contributed by atoms with Gasteiger partial charge in [0.15, 0.2) is 0 Å². The molecule has 9 atom stereocenters. The fourth-order valence-corrected chi connectivity index (χ4v) is 9.84. The van der Waals surface area contributed by atoms with Crippen molar-refractivity contribution in [2.45, 2.75) is 112 Å². The summed E-state index contributed by atoms with van der Waals surface area (Å²) < 4.78 is 5.91. The molecule has 3 heteroatoms. The average Bonchev–Trinajstić information content (AvgIpc) is 3.04. The van der Waals surface area contributed by atoms with Gasteiger partial charge in [0.05, 0.1) is 6.10 Å². The first kappa shape index (κ1) is 23.6. The van der Waals surface area contributed by atoms with Crippen molar-refractivity contribution >= 4 is 5.97 Å². The van der Waals surface area contributed by atoms with Crippen molar-refractivity contribution < 1.29 is 14.6 Å². The minimum Gasteiger partial charge on any atom is -0.458 e. The zero-order valence-electron chi connectivity index (χ0n) is 22.0. The summed E-state index contributed by atoms with van der Waals surface area (Å²) in [7, 11) is 0. The Hall–Kier alpha value is -1.09. The quantitative estimate of drug-likeness (QED) is 0.366. The number of carbonyl (C=O) groups is 1. The van der Waals surface area contributed by atoms with Crippen molar-refractivity contribution in [1.82, 2.24) is 0 Å². The molecular weight excluding hydrogens is 408 g/mol. The third-order valence-corrected chi connectivity index (χ3v) is 12.3. The Labute approximate surface area is 201 Å². The number of hydrogen-bond acceptors (Lipinski definition) is 3. The summed E-state index contributed by atoms with van der Waals surface area (Å²) in [6, 6.07) is 0. The standard InChI is InChI=1S/C30H46O3/c1-18-8-10-23(33-26(18)32)19(2)20-12-16-30(7)22-9-11-24-27(3,4)25(31)14-15-28(24,5)21(22)13-17-29(20,30)6/h8,13,19-20,22-25,31H,9-12,14-17H2,1-7H3/t19-,20+,22+,23+,24-,25-,28+,29+,30-/m0/s1. The van der Waals surface area contributed by atoms with E-state index in [-0.39, 0.29) is 34.4 Å². The molecule has 0 saturated heterocycles. The number of esters is 1. The van der Waals surface area contributed by atoms with Crippen LogP contribution in [0.15, 0.2) is 23.3 Å². The van der Waals surface area contributed by atoms with Gasteiger partial charge in [-0.25, -0.2) is 4.79 Å². The van der Waals surface area contributed by atoms with Crippen molar-refractivity contribution in [2.24, 2.45) is 45.3 Å². The Morgan fingerprint density at radius 2 is 1.73 bits per heavy atom. The van der Waals surface area contributed by atoms with Crippen LogP contribution >= 0.6 is 0 Å². The molecule has 1 aliphatic heterocycles. The molecule has 1 N–H and O–H groups in total. The molecule has 1 heterocycles. The molecule has 5 rings (SSSR count). The highest BCUT2D eigenvalue weighted by Gasteiger charge is 2.65. The maximum atomic E-state index is 12.3. The highest BCUT2D eigenvalue weighted by atomic mass is 16.5. The summed E-state index contributed by atoms with van der Waals surface area (Å²) in [6.45, 7) is 16.5. The molecule has 0 amide bonds. The number of allylic oxidation sites excluding steroid dienone is 2. The van der Waals surface area contributed by atoms with Crippen LogP contribution in [0.5, 0.6) is 0 Å². The molecule has 184 valence electrons. The van der Waals surface area contributed by atoms with Gasteiger partial charge in [-0.15, -0.1) is 0 Å². The van der Waals surface area contributed by atoms with Gasteiger partial charge in [-0.2, -0.15) is 0 Å². The fraction of sp³-hybridized carbons (Fsp3) is 0.833. The fourth-order valence-electron chi connectivity index (χ4n) is 9.84. The number of ether oxygens (including phenoxy) is 1. The van der Waals surface area contributed by atoms with E-state index in [1.54, 1.807) is 5.57 Å². The molecule has 0 unspecified atom stereocenters. The summed E-state index contributed by atoms with van der Waals surface area (Å²) in [4.78, 5) is 12.3. The number of rotatable bonds is 2. The Bertz CT molecular complexity index is 898. The van der Waals surface area contributed by atoms with E-state index in [1.807, 2.05) is 6.92 Å². The second kappa shape index (κ2) is 7.45. The first-order chi connectivity index (χ1) is 15.4. The van der Waals surface area contributed by atoms with E-state index in [4.69, 9.17) is 4.74 Å². The van der Waals surface area contributed by atoms with Crippen LogP contribution in [0.4, 0.5) is 0 Å². The molecule has 3 nitrogen and oxygen atoms in total. The highest BCUT2D eigenvalue weighted by molar-refractivity contribution is 5.88. The number of hydrogen-bond donors (Lipinski definition) is 1. The van der Waals surface area contributed by atoms with Gasteiger partial charge in [-0.3, -0.25) is 0 Å². The van der Waals surface area contributed by atoms with Gasteiger partial charge in [0, 0.05) is 12.0 Å². The van der Waals surface area contributed by atoms with Crippen LogP contribution in [-0.2, 0) is 9.53 Å². The summed E-state index contributed by atoms with van der Waals surface area (Å²) >= 11 is 0. The van der Waals surface area contributed by atoms with E-state index in [1.165, 1.54) is 25.7 Å². The molecule has 0 radical (unpaired) electrons. The molecule has 3 fully saturated rings. The second-order valence-corrected chi connectivity index (χ2v) is 13.7. The topological polar surface area (TPSA) is 46.5 Å². The molecule has 0 bridgehead atoms. The number of aliphatic hydroxyl groups is 1. The maximum absolute atomic E-state index is 12.3. The predicted molar refractivity (Wildman–Crippen MR) is 132 cm³/mol. The van der Waals surface area contributed by atoms with Crippen LogP contribution in [0, 0.1) is 45.3 Å². The number of fused-ring (bicyclic) bond motifs is 5. The largest absolute Gasteiger partial charge is 0.458 e. The summed E-state index contributed by atoms with van der Waals surface area (Å²) in [6.07, 6.45) is 13.7. The van der Waals surface area contributed by atoms with E-state index in [0.717, 1.165) is 31.3 Å². The Morgan fingerprint density at radius 3 is 2.42 bits per heavy atom. The van der Waals surface area contributed by atoms with Crippen LogP contribution in [0.3, 0.4) is 0 Å². The van der Waals surface area contributed by atoms with Crippen molar-refractivity contribution in [1.29, 1.82) is 0 Å². The Morgan fingerprint density at radius 1 is 1.00 bits per heavy atom. The summed E-state index contributed by atoms with van der Waals surface area (Å²) in [5, 5.41) is 10.8. The van der Waals surface area contributed by atoms with Gasteiger partial charge in [0.2, 0.25) is 0 Å².